The first-order chi connectivity index (χ1) is 6.66. The Kier molecular flexibility index (Phi) is 3.99. The average molecular weight is 191 g/mol. The zero-order valence-corrected chi connectivity index (χ0v) is 9.70. The van der Waals surface area contributed by atoms with Gasteiger partial charge < -0.3 is 4.90 Å². The first kappa shape index (κ1) is 11.1. The Bertz CT molecular complexity index is 253. The minimum atomic E-state index is 0.562. The minimum absolute atomic E-state index is 0.562. The van der Waals surface area contributed by atoms with E-state index >= 15 is 0 Å². The summed E-state index contributed by atoms with van der Waals surface area (Å²) in [5, 5.41) is 0. The predicted molar refractivity (Wildman–Crippen MR) is 63.8 cm³/mol. The molecule has 0 aliphatic heterocycles. The molecule has 0 saturated heterocycles. The zero-order chi connectivity index (χ0) is 10.6. The standard InChI is InChI=1S/C13H21N/c1-5-12(4)14(11(2)3)13-9-7-6-8-10-13/h6-12H,5H2,1-4H3. The van der Waals surface area contributed by atoms with Crippen molar-refractivity contribution in [2.75, 3.05) is 4.90 Å². The van der Waals surface area contributed by atoms with Crippen LogP contribution in [0.2, 0.25) is 0 Å². The van der Waals surface area contributed by atoms with Crippen molar-refractivity contribution in [3.63, 3.8) is 0 Å². The molecule has 78 valence electrons. The lowest BCUT2D eigenvalue weighted by Gasteiger charge is -2.34. The highest BCUT2D eigenvalue weighted by atomic mass is 15.2. The van der Waals surface area contributed by atoms with Crippen molar-refractivity contribution >= 4 is 5.69 Å². The molecule has 0 bridgehead atoms. The van der Waals surface area contributed by atoms with Crippen LogP contribution in [0.4, 0.5) is 5.69 Å². The second-order valence-electron chi connectivity index (χ2n) is 4.09. The molecule has 1 heteroatoms. The van der Waals surface area contributed by atoms with Gasteiger partial charge in [-0.25, -0.2) is 0 Å². The van der Waals surface area contributed by atoms with E-state index in [0.29, 0.717) is 12.1 Å². The molecule has 0 N–H and O–H groups in total. The molecule has 0 amide bonds. The molecule has 1 nitrogen and oxygen atoms in total. The van der Waals surface area contributed by atoms with Gasteiger partial charge in [-0.3, -0.25) is 0 Å². The Labute approximate surface area is 87.7 Å². The van der Waals surface area contributed by atoms with Crippen LogP contribution in [0.15, 0.2) is 30.3 Å². The smallest absolute Gasteiger partial charge is 0.0370 e. The van der Waals surface area contributed by atoms with Crippen molar-refractivity contribution in [1.29, 1.82) is 0 Å². The van der Waals surface area contributed by atoms with Gasteiger partial charge in [0.25, 0.3) is 0 Å². The van der Waals surface area contributed by atoms with E-state index in [1.54, 1.807) is 0 Å². The largest absolute Gasteiger partial charge is 0.366 e. The topological polar surface area (TPSA) is 3.24 Å². The number of para-hydroxylation sites is 1. The first-order valence-corrected chi connectivity index (χ1v) is 5.50. The molecule has 1 aromatic rings. The third-order valence-electron chi connectivity index (χ3n) is 2.68. The third-order valence-corrected chi connectivity index (χ3v) is 2.68. The van der Waals surface area contributed by atoms with Gasteiger partial charge in [-0.05, 0) is 39.3 Å². The molecular formula is C13H21N. The molecule has 1 aromatic carbocycles. The SMILES string of the molecule is CCC(C)N(c1ccccc1)C(C)C. The minimum Gasteiger partial charge on any atom is -0.366 e. The molecular weight excluding hydrogens is 170 g/mol. The third kappa shape index (κ3) is 2.50. The van der Waals surface area contributed by atoms with Gasteiger partial charge in [0.15, 0.2) is 0 Å². The van der Waals surface area contributed by atoms with Gasteiger partial charge in [0, 0.05) is 17.8 Å². The van der Waals surface area contributed by atoms with Crippen LogP contribution in [-0.2, 0) is 0 Å². The lowest BCUT2D eigenvalue weighted by Crippen LogP contribution is -2.38. The van der Waals surface area contributed by atoms with Gasteiger partial charge in [0.2, 0.25) is 0 Å². The van der Waals surface area contributed by atoms with Crippen LogP contribution in [0.3, 0.4) is 0 Å². The maximum Gasteiger partial charge on any atom is 0.0370 e. The maximum absolute atomic E-state index is 2.47. The Hall–Kier alpha value is -0.980. The van der Waals surface area contributed by atoms with E-state index in [2.05, 4.69) is 62.9 Å². The molecule has 14 heavy (non-hydrogen) atoms. The van der Waals surface area contributed by atoms with Gasteiger partial charge in [-0.1, -0.05) is 25.1 Å². The summed E-state index contributed by atoms with van der Waals surface area (Å²) in [5.41, 5.74) is 1.33. The number of nitrogens with zero attached hydrogens (tertiary/aromatic N) is 1. The summed E-state index contributed by atoms with van der Waals surface area (Å²) in [6.45, 7) is 9.02. The van der Waals surface area contributed by atoms with Crippen LogP contribution in [0.25, 0.3) is 0 Å². The summed E-state index contributed by atoms with van der Waals surface area (Å²) < 4.78 is 0. The quantitative estimate of drug-likeness (QED) is 0.701. The molecule has 0 fully saturated rings. The van der Waals surface area contributed by atoms with Crippen LogP contribution in [0.1, 0.15) is 34.1 Å². The van der Waals surface area contributed by atoms with E-state index in [-0.39, 0.29) is 0 Å². The lowest BCUT2D eigenvalue weighted by molar-refractivity contribution is 0.562. The Morgan fingerprint density at radius 2 is 1.64 bits per heavy atom. The molecule has 1 atom stereocenters. The van der Waals surface area contributed by atoms with Gasteiger partial charge in [-0.2, -0.15) is 0 Å². The second kappa shape index (κ2) is 5.04. The van der Waals surface area contributed by atoms with Crippen LogP contribution in [0.5, 0.6) is 0 Å². The number of benzene rings is 1. The van der Waals surface area contributed by atoms with Crippen LogP contribution >= 0.6 is 0 Å². The fourth-order valence-electron chi connectivity index (χ4n) is 1.86. The predicted octanol–water partition coefficient (Wildman–Crippen LogP) is 3.70. The normalized spacial score (nSPS) is 12.9. The number of rotatable bonds is 4. The second-order valence-corrected chi connectivity index (χ2v) is 4.09. The van der Waals surface area contributed by atoms with Gasteiger partial charge >= 0.3 is 0 Å². The van der Waals surface area contributed by atoms with Crippen LogP contribution < -0.4 is 4.90 Å². The summed E-state index contributed by atoms with van der Waals surface area (Å²) >= 11 is 0. The summed E-state index contributed by atoms with van der Waals surface area (Å²) in [6, 6.07) is 11.8. The van der Waals surface area contributed by atoms with Crippen molar-refractivity contribution in [3.05, 3.63) is 30.3 Å². The number of hydrogen-bond donors (Lipinski definition) is 0. The van der Waals surface area contributed by atoms with Gasteiger partial charge in [-0.15, -0.1) is 0 Å². The summed E-state index contributed by atoms with van der Waals surface area (Å²) in [5.74, 6) is 0. The summed E-state index contributed by atoms with van der Waals surface area (Å²) in [7, 11) is 0. The van der Waals surface area contributed by atoms with E-state index in [1.807, 2.05) is 0 Å². The Balaban J connectivity index is 2.89. The fraction of sp³-hybridized carbons (Fsp3) is 0.538. The summed E-state index contributed by atoms with van der Waals surface area (Å²) in [6.07, 6.45) is 1.19. The zero-order valence-electron chi connectivity index (χ0n) is 9.70. The monoisotopic (exact) mass is 191 g/mol. The average Bonchev–Trinajstić information content (AvgIpc) is 2.19. The molecule has 1 unspecified atom stereocenters. The number of anilines is 1. The van der Waals surface area contributed by atoms with Crippen molar-refractivity contribution in [2.24, 2.45) is 0 Å². The first-order valence-electron chi connectivity index (χ1n) is 5.50. The van der Waals surface area contributed by atoms with E-state index in [9.17, 15) is 0 Å². The number of hydrogen-bond acceptors (Lipinski definition) is 1. The fourth-order valence-corrected chi connectivity index (χ4v) is 1.86. The van der Waals surface area contributed by atoms with Crippen LogP contribution in [-0.4, -0.2) is 12.1 Å². The van der Waals surface area contributed by atoms with E-state index in [4.69, 9.17) is 0 Å². The highest BCUT2D eigenvalue weighted by molar-refractivity contribution is 5.47. The highest BCUT2D eigenvalue weighted by Crippen LogP contribution is 2.20. The van der Waals surface area contributed by atoms with Crippen molar-refractivity contribution in [3.8, 4) is 0 Å². The van der Waals surface area contributed by atoms with Crippen molar-refractivity contribution in [2.45, 2.75) is 46.2 Å². The molecule has 0 heterocycles. The molecule has 0 aliphatic carbocycles. The van der Waals surface area contributed by atoms with Crippen molar-refractivity contribution in [1.82, 2.24) is 0 Å². The van der Waals surface area contributed by atoms with Crippen LogP contribution in [0, 0.1) is 0 Å². The summed E-state index contributed by atoms with van der Waals surface area (Å²) in [4.78, 5) is 2.47. The Morgan fingerprint density at radius 1 is 1.07 bits per heavy atom. The molecule has 0 aliphatic rings. The Morgan fingerprint density at radius 3 is 2.07 bits per heavy atom. The van der Waals surface area contributed by atoms with Gasteiger partial charge in [0.1, 0.15) is 0 Å². The van der Waals surface area contributed by atoms with E-state index in [1.165, 1.54) is 12.1 Å². The maximum atomic E-state index is 2.47. The molecule has 0 aromatic heterocycles. The molecule has 0 saturated carbocycles. The highest BCUT2D eigenvalue weighted by Gasteiger charge is 2.15. The van der Waals surface area contributed by atoms with E-state index in [0.717, 1.165) is 0 Å². The molecule has 0 radical (unpaired) electrons. The molecule has 1 rings (SSSR count). The van der Waals surface area contributed by atoms with Gasteiger partial charge in [0.05, 0.1) is 0 Å². The molecule has 0 spiro atoms. The van der Waals surface area contributed by atoms with Crippen molar-refractivity contribution < 1.29 is 0 Å². The lowest BCUT2D eigenvalue weighted by atomic mass is 10.1. The van der Waals surface area contributed by atoms with E-state index < -0.39 is 0 Å².